The molecule has 1 aliphatic carbocycles. The number of hydrogen-bond acceptors (Lipinski definition) is 2. The lowest BCUT2D eigenvalue weighted by molar-refractivity contribution is -0.141. The molecule has 0 fully saturated rings. The number of carbonyl (C=O) groups excluding carboxylic acids is 1. The Labute approximate surface area is 201 Å². The second-order valence-corrected chi connectivity index (χ2v) is 9.24. The number of amides is 1. The minimum absolute atomic E-state index is 0.105. The van der Waals surface area contributed by atoms with Gasteiger partial charge in [-0.3, -0.25) is 4.79 Å². The summed E-state index contributed by atoms with van der Waals surface area (Å²) >= 11 is 12.4. The second kappa shape index (κ2) is 9.74. The Morgan fingerprint density at radius 2 is 1.97 bits per heavy atom. The first-order chi connectivity index (χ1) is 15.8. The number of aromatic nitrogens is 1. The van der Waals surface area contributed by atoms with Crippen molar-refractivity contribution >= 4 is 46.0 Å². The zero-order valence-corrected chi connectivity index (χ0v) is 19.7. The van der Waals surface area contributed by atoms with Gasteiger partial charge in [-0.25, -0.2) is 9.18 Å². The number of carboxylic acid groups (broad SMARTS) is 1. The van der Waals surface area contributed by atoms with Gasteiger partial charge in [0.1, 0.15) is 11.9 Å². The van der Waals surface area contributed by atoms with Crippen LogP contribution in [0.2, 0.25) is 10.0 Å². The monoisotopic (exact) mass is 490 g/mol. The highest BCUT2D eigenvalue weighted by Crippen LogP contribution is 2.36. The molecular weight excluding hydrogens is 466 g/mol. The van der Waals surface area contributed by atoms with E-state index < -0.39 is 12.0 Å². The molecule has 1 aromatic heterocycles. The number of nitrogens with one attached hydrogen (secondary N) is 1. The summed E-state index contributed by atoms with van der Waals surface area (Å²) in [6.07, 6.45) is 2.92. The average Bonchev–Trinajstić information content (AvgIpc) is 3.07. The van der Waals surface area contributed by atoms with Crippen molar-refractivity contribution in [3.63, 3.8) is 0 Å². The molecule has 0 saturated carbocycles. The van der Waals surface area contributed by atoms with Crippen LogP contribution in [-0.2, 0) is 28.9 Å². The van der Waals surface area contributed by atoms with E-state index in [0.717, 1.165) is 22.3 Å². The van der Waals surface area contributed by atoms with Gasteiger partial charge in [0.25, 0.3) is 0 Å². The predicted molar refractivity (Wildman–Crippen MR) is 128 cm³/mol. The number of aliphatic carboxylic acids is 1. The Hall–Kier alpha value is -2.57. The van der Waals surface area contributed by atoms with Gasteiger partial charge in [0.2, 0.25) is 5.91 Å². The van der Waals surface area contributed by atoms with Crippen LogP contribution >= 0.6 is 23.2 Å². The van der Waals surface area contributed by atoms with Gasteiger partial charge in [-0.1, -0.05) is 36.2 Å². The number of carboxylic acids is 1. The fourth-order valence-electron chi connectivity index (χ4n) is 4.82. The van der Waals surface area contributed by atoms with Crippen LogP contribution in [0.15, 0.2) is 36.4 Å². The second-order valence-electron chi connectivity index (χ2n) is 8.43. The van der Waals surface area contributed by atoms with Gasteiger partial charge in [0.15, 0.2) is 0 Å². The summed E-state index contributed by atoms with van der Waals surface area (Å²) in [6.45, 7) is 1.83. The lowest BCUT2D eigenvalue weighted by Crippen LogP contribution is -2.39. The molecule has 4 rings (SSSR count). The van der Waals surface area contributed by atoms with Gasteiger partial charge in [-0.2, -0.15) is 0 Å². The van der Waals surface area contributed by atoms with Crippen LogP contribution in [0.5, 0.6) is 0 Å². The third-order valence-electron chi connectivity index (χ3n) is 6.37. The van der Waals surface area contributed by atoms with Crippen molar-refractivity contribution in [2.24, 2.45) is 0 Å². The lowest BCUT2D eigenvalue weighted by atomic mass is 9.91. The molecule has 2 unspecified atom stereocenters. The molecule has 1 aliphatic rings. The fourth-order valence-corrected chi connectivity index (χ4v) is 5.41. The molecule has 3 aromatic rings. The van der Waals surface area contributed by atoms with Gasteiger partial charge in [-0.05, 0) is 73.6 Å². The number of fused-ring (bicyclic) bond motifs is 3. The van der Waals surface area contributed by atoms with E-state index in [0.29, 0.717) is 47.5 Å². The molecule has 33 heavy (non-hydrogen) atoms. The van der Waals surface area contributed by atoms with Gasteiger partial charge in [0.05, 0.1) is 0 Å². The summed E-state index contributed by atoms with van der Waals surface area (Å²) in [6, 6.07) is 8.90. The molecule has 0 radical (unpaired) electrons. The lowest BCUT2D eigenvalue weighted by Gasteiger charge is -2.26. The summed E-state index contributed by atoms with van der Waals surface area (Å²) in [5, 5.41) is 14.6. The van der Waals surface area contributed by atoms with E-state index in [9.17, 15) is 19.1 Å². The number of benzene rings is 2. The molecule has 0 spiro atoms. The maximum absolute atomic E-state index is 14.1. The van der Waals surface area contributed by atoms with Crippen molar-refractivity contribution in [1.82, 2.24) is 9.88 Å². The van der Waals surface area contributed by atoms with Crippen molar-refractivity contribution in [2.45, 2.75) is 57.5 Å². The maximum Gasteiger partial charge on any atom is 0.326 e. The number of rotatable bonds is 7. The van der Waals surface area contributed by atoms with Crippen LogP contribution < -0.4 is 5.32 Å². The van der Waals surface area contributed by atoms with Crippen molar-refractivity contribution in [3.8, 4) is 0 Å². The van der Waals surface area contributed by atoms with Gasteiger partial charge in [-0.15, -0.1) is 0 Å². The first kappa shape index (κ1) is 23.6. The van der Waals surface area contributed by atoms with Crippen LogP contribution in [0.3, 0.4) is 0 Å². The van der Waals surface area contributed by atoms with Crippen LogP contribution in [0.25, 0.3) is 10.9 Å². The van der Waals surface area contributed by atoms with E-state index in [1.54, 1.807) is 24.3 Å². The van der Waals surface area contributed by atoms with Crippen molar-refractivity contribution in [1.29, 1.82) is 0 Å². The number of nitrogens with zero attached hydrogens (tertiary/aromatic N) is 1. The number of hydrogen-bond donors (Lipinski definition) is 2. The third-order valence-corrected chi connectivity index (χ3v) is 7.08. The molecule has 1 heterocycles. The van der Waals surface area contributed by atoms with E-state index in [1.165, 1.54) is 12.1 Å². The molecule has 174 valence electrons. The minimum atomic E-state index is -0.907. The van der Waals surface area contributed by atoms with Crippen molar-refractivity contribution in [2.75, 3.05) is 0 Å². The Morgan fingerprint density at radius 3 is 2.64 bits per heavy atom. The van der Waals surface area contributed by atoms with E-state index >= 15 is 0 Å². The van der Waals surface area contributed by atoms with Crippen LogP contribution in [0.4, 0.5) is 4.39 Å². The van der Waals surface area contributed by atoms with Crippen molar-refractivity contribution < 1.29 is 19.1 Å². The van der Waals surface area contributed by atoms with E-state index in [-0.39, 0.29) is 24.2 Å². The normalized spacial score (nSPS) is 16.4. The summed E-state index contributed by atoms with van der Waals surface area (Å²) in [4.78, 5) is 24.5. The largest absolute Gasteiger partial charge is 0.480 e. The third kappa shape index (κ3) is 4.73. The quantitative estimate of drug-likeness (QED) is 0.444. The van der Waals surface area contributed by atoms with Crippen LogP contribution in [0, 0.1) is 5.82 Å². The molecule has 2 N–H and O–H groups in total. The predicted octanol–water partition coefficient (Wildman–Crippen LogP) is 5.73. The molecule has 8 heteroatoms. The minimum Gasteiger partial charge on any atom is -0.480 e. The molecule has 0 aliphatic heterocycles. The average molecular weight is 491 g/mol. The molecule has 2 aromatic carbocycles. The Morgan fingerprint density at radius 1 is 1.24 bits per heavy atom. The van der Waals surface area contributed by atoms with E-state index in [2.05, 4.69) is 5.32 Å². The first-order valence-corrected chi connectivity index (χ1v) is 11.8. The zero-order valence-electron chi connectivity index (χ0n) is 18.2. The number of carbonyl (C=O) groups is 2. The molecule has 2 atom stereocenters. The highest BCUT2D eigenvalue weighted by atomic mass is 35.5. The smallest absolute Gasteiger partial charge is 0.326 e. The summed E-state index contributed by atoms with van der Waals surface area (Å²) in [5.74, 6) is -1.38. The zero-order chi connectivity index (χ0) is 23.7. The molecule has 5 nitrogen and oxygen atoms in total. The number of halogens is 3. The van der Waals surface area contributed by atoms with Gasteiger partial charge < -0.3 is 15.0 Å². The van der Waals surface area contributed by atoms with E-state index in [1.807, 2.05) is 11.5 Å². The fraction of sp³-hybridized carbons (Fsp3) is 0.360. The molecule has 0 saturated heterocycles. The maximum atomic E-state index is 14.1. The van der Waals surface area contributed by atoms with Gasteiger partial charge >= 0.3 is 5.97 Å². The topological polar surface area (TPSA) is 71.3 Å². The molecule has 0 bridgehead atoms. The van der Waals surface area contributed by atoms with Crippen LogP contribution in [-0.4, -0.2) is 27.6 Å². The summed E-state index contributed by atoms with van der Waals surface area (Å²) < 4.78 is 15.9. The SMILES string of the molecule is CCC(C(=O)O)n1c2c(c3cc(F)ccc31)CC(NC(=O)CCc1c(Cl)cccc1Cl)CC2. The summed E-state index contributed by atoms with van der Waals surface area (Å²) in [7, 11) is 0. The van der Waals surface area contributed by atoms with Gasteiger partial charge in [0, 0.05) is 39.1 Å². The highest BCUT2D eigenvalue weighted by molar-refractivity contribution is 6.36. The van der Waals surface area contributed by atoms with Crippen LogP contribution in [0.1, 0.15) is 49.0 Å². The summed E-state index contributed by atoms with van der Waals surface area (Å²) in [5.41, 5.74) is 3.30. The molecule has 1 amide bonds. The Balaban J connectivity index is 1.54. The molecular formula is C25H25Cl2FN2O3. The van der Waals surface area contributed by atoms with Crippen molar-refractivity contribution in [3.05, 3.63) is 69.1 Å². The standard InChI is InChI=1S/C25H25Cl2FN2O3/c1-2-21(25(32)33)30-22-9-6-14(28)12-17(22)18-13-15(7-10-23(18)30)29-24(31)11-8-16-19(26)4-3-5-20(16)27/h3-6,9,12,15,21H,2,7-8,10-11,13H2,1H3,(H,29,31)(H,32,33). The first-order valence-electron chi connectivity index (χ1n) is 11.1. The van der Waals surface area contributed by atoms with E-state index in [4.69, 9.17) is 23.2 Å². The highest BCUT2D eigenvalue weighted by Gasteiger charge is 2.31. The Kier molecular flexibility index (Phi) is 6.96. The Bertz CT molecular complexity index is 1200.